The van der Waals surface area contributed by atoms with Crippen LogP contribution in [0.1, 0.15) is 143 Å². The van der Waals surface area contributed by atoms with E-state index >= 15 is 0 Å². The SMILES string of the molecule is CCCCCCCCCCC(C)(CCCCCCCC)C(=O)OCCCC. The van der Waals surface area contributed by atoms with Crippen LogP contribution in [0.4, 0.5) is 0 Å². The lowest BCUT2D eigenvalue weighted by molar-refractivity contribution is -0.156. The smallest absolute Gasteiger partial charge is 0.311 e. The molecular weight excluding hydrogens is 332 g/mol. The second-order valence-electron chi connectivity index (χ2n) is 8.79. The van der Waals surface area contributed by atoms with E-state index in [1.165, 1.54) is 89.9 Å². The number of esters is 1. The van der Waals surface area contributed by atoms with Crippen LogP contribution in [0.2, 0.25) is 0 Å². The van der Waals surface area contributed by atoms with E-state index in [0.717, 1.165) is 25.7 Å². The van der Waals surface area contributed by atoms with E-state index in [1.807, 2.05) is 0 Å². The van der Waals surface area contributed by atoms with E-state index in [2.05, 4.69) is 27.7 Å². The van der Waals surface area contributed by atoms with Gasteiger partial charge in [0.1, 0.15) is 0 Å². The lowest BCUT2D eigenvalue weighted by Gasteiger charge is -2.27. The Labute approximate surface area is 171 Å². The van der Waals surface area contributed by atoms with Gasteiger partial charge in [-0.3, -0.25) is 4.79 Å². The summed E-state index contributed by atoms with van der Waals surface area (Å²) in [5.74, 6) is 0.0625. The van der Waals surface area contributed by atoms with Crippen molar-refractivity contribution in [2.24, 2.45) is 5.41 Å². The van der Waals surface area contributed by atoms with Gasteiger partial charge in [0, 0.05) is 0 Å². The van der Waals surface area contributed by atoms with Crippen LogP contribution in [0.15, 0.2) is 0 Å². The van der Waals surface area contributed by atoms with Crippen LogP contribution in [0.25, 0.3) is 0 Å². The van der Waals surface area contributed by atoms with Crippen molar-refractivity contribution in [2.45, 2.75) is 143 Å². The third-order valence-electron chi connectivity index (χ3n) is 5.89. The maximum Gasteiger partial charge on any atom is 0.311 e. The van der Waals surface area contributed by atoms with Crippen molar-refractivity contribution in [3.63, 3.8) is 0 Å². The fourth-order valence-corrected chi connectivity index (χ4v) is 3.76. The molecule has 0 aromatic carbocycles. The summed E-state index contributed by atoms with van der Waals surface area (Å²) in [5, 5.41) is 0. The van der Waals surface area contributed by atoms with Crippen molar-refractivity contribution in [3.05, 3.63) is 0 Å². The van der Waals surface area contributed by atoms with Gasteiger partial charge in [0.2, 0.25) is 0 Å². The van der Waals surface area contributed by atoms with Crippen LogP contribution in [-0.2, 0) is 9.53 Å². The Morgan fingerprint density at radius 1 is 0.593 bits per heavy atom. The standard InChI is InChI=1S/C25H50O2/c1-5-8-11-13-15-16-18-20-22-25(4,24(26)27-23-10-7-3)21-19-17-14-12-9-6-2/h5-23H2,1-4H3. The molecule has 0 fully saturated rings. The Kier molecular flexibility index (Phi) is 18.4. The minimum atomic E-state index is -0.263. The van der Waals surface area contributed by atoms with E-state index in [-0.39, 0.29) is 11.4 Å². The third-order valence-corrected chi connectivity index (χ3v) is 5.89. The molecule has 0 saturated heterocycles. The van der Waals surface area contributed by atoms with Gasteiger partial charge in [0.15, 0.2) is 0 Å². The molecule has 0 radical (unpaired) electrons. The van der Waals surface area contributed by atoms with E-state index in [0.29, 0.717) is 6.61 Å². The highest BCUT2D eigenvalue weighted by molar-refractivity contribution is 5.76. The number of hydrogen-bond donors (Lipinski definition) is 0. The lowest BCUT2D eigenvalue weighted by atomic mass is 9.79. The number of unbranched alkanes of at least 4 members (excludes halogenated alkanes) is 13. The average Bonchev–Trinajstić information content (AvgIpc) is 2.66. The Hall–Kier alpha value is -0.530. The molecule has 2 nitrogen and oxygen atoms in total. The molecule has 0 heterocycles. The van der Waals surface area contributed by atoms with E-state index in [1.54, 1.807) is 0 Å². The van der Waals surface area contributed by atoms with Gasteiger partial charge in [0.05, 0.1) is 12.0 Å². The van der Waals surface area contributed by atoms with Gasteiger partial charge < -0.3 is 4.74 Å². The quantitative estimate of drug-likeness (QED) is 0.155. The van der Waals surface area contributed by atoms with Gasteiger partial charge in [-0.15, -0.1) is 0 Å². The molecule has 0 amide bonds. The second-order valence-corrected chi connectivity index (χ2v) is 8.79. The fourth-order valence-electron chi connectivity index (χ4n) is 3.76. The predicted octanol–water partition coefficient (Wildman–Crippen LogP) is 8.62. The molecule has 0 rings (SSSR count). The van der Waals surface area contributed by atoms with Crippen LogP contribution in [0.3, 0.4) is 0 Å². The average molecular weight is 383 g/mol. The predicted molar refractivity (Wildman–Crippen MR) is 119 cm³/mol. The van der Waals surface area contributed by atoms with Crippen molar-refractivity contribution in [1.82, 2.24) is 0 Å². The molecule has 0 aliphatic carbocycles. The van der Waals surface area contributed by atoms with Crippen molar-refractivity contribution < 1.29 is 9.53 Å². The summed E-state index contributed by atoms with van der Waals surface area (Å²) in [5.41, 5.74) is -0.263. The minimum Gasteiger partial charge on any atom is -0.465 e. The zero-order chi connectivity index (χ0) is 20.2. The minimum absolute atomic E-state index is 0.0625. The summed E-state index contributed by atoms with van der Waals surface area (Å²) in [7, 11) is 0. The Bertz CT molecular complexity index is 326. The number of rotatable bonds is 20. The summed E-state index contributed by atoms with van der Waals surface area (Å²) >= 11 is 0. The number of hydrogen-bond acceptors (Lipinski definition) is 2. The zero-order valence-electron chi connectivity index (χ0n) is 19.3. The van der Waals surface area contributed by atoms with Gasteiger partial charge >= 0.3 is 5.97 Å². The van der Waals surface area contributed by atoms with E-state index in [9.17, 15) is 4.79 Å². The fraction of sp³-hybridized carbons (Fsp3) is 0.960. The van der Waals surface area contributed by atoms with Gasteiger partial charge in [-0.2, -0.15) is 0 Å². The molecule has 0 aliphatic heterocycles. The van der Waals surface area contributed by atoms with Gasteiger partial charge in [-0.05, 0) is 26.2 Å². The Morgan fingerprint density at radius 2 is 0.963 bits per heavy atom. The molecule has 0 aromatic heterocycles. The summed E-state index contributed by atoms with van der Waals surface area (Å²) in [6, 6.07) is 0. The Balaban J connectivity index is 4.19. The van der Waals surface area contributed by atoms with Crippen LogP contribution in [0, 0.1) is 5.41 Å². The molecule has 162 valence electrons. The highest BCUT2D eigenvalue weighted by Crippen LogP contribution is 2.33. The van der Waals surface area contributed by atoms with Gasteiger partial charge in [-0.25, -0.2) is 0 Å². The highest BCUT2D eigenvalue weighted by atomic mass is 16.5. The number of carbonyl (C=O) groups excluding carboxylic acids is 1. The van der Waals surface area contributed by atoms with Crippen LogP contribution < -0.4 is 0 Å². The van der Waals surface area contributed by atoms with Crippen LogP contribution in [0.5, 0.6) is 0 Å². The molecule has 0 bridgehead atoms. The molecule has 0 aromatic rings. The van der Waals surface area contributed by atoms with Gasteiger partial charge in [0.25, 0.3) is 0 Å². The Morgan fingerprint density at radius 3 is 1.37 bits per heavy atom. The van der Waals surface area contributed by atoms with Crippen molar-refractivity contribution in [3.8, 4) is 0 Å². The molecule has 2 heteroatoms. The first kappa shape index (κ1) is 26.5. The normalized spacial score (nSPS) is 13.5. The molecule has 0 N–H and O–H groups in total. The topological polar surface area (TPSA) is 26.3 Å². The number of ether oxygens (including phenoxy) is 1. The first-order valence-corrected chi connectivity index (χ1v) is 12.3. The van der Waals surface area contributed by atoms with Crippen LogP contribution >= 0.6 is 0 Å². The summed E-state index contributed by atoms with van der Waals surface area (Å²) in [6.07, 6.45) is 22.3. The monoisotopic (exact) mass is 382 g/mol. The zero-order valence-corrected chi connectivity index (χ0v) is 19.3. The molecule has 0 aliphatic rings. The van der Waals surface area contributed by atoms with E-state index < -0.39 is 0 Å². The first-order valence-electron chi connectivity index (χ1n) is 12.3. The maximum absolute atomic E-state index is 12.7. The molecule has 0 saturated carbocycles. The molecule has 1 atom stereocenters. The molecular formula is C25H50O2. The van der Waals surface area contributed by atoms with Gasteiger partial charge in [-0.1, -0.05) is 117 Å². The first-order chi connectivity index (χ1) is 13.1. The molecule has 27 heavy (non-hydrogen) atoms. The largest absolute Gasteiger partial charge is 0.465 e. The van der Waals surface area contributed by atoms with E-state index in [4.69, 9.17) is 4.74 Å². The molecule has 0 spiro atoms. The summed E-state index contributed by atoms with van der Waals surface area (Å²) in [6.45, 7) is 9.43. The maximum atomic E-state index is 12.7. The van der Waals surface area contributed by atoms with Crippen molar-refractivity contribution in [1.29, 1.82) is 0 Å². The summed E-state index contributed by atoms with van der Waals surface area (Å²) < 4.78 is 5.63. The summed E-state index contributed by atoms with van der Waals surface area (Å²) in [4.78, 5) is 12.7. The van der Waals surface area contributed by atoms with Crippen LogP contribution in [-0.4, -0.2) is 12.6 Å². The lowest BCUT2D eigenvalue weighted by Crippen LogP contribution is -2.30. The molecule has 1 unspecified atom stereocenters. The van der Waals surface area contributed by atoms with Crippen molar-refractivity contribution in [2.75, 3.05) is 6.61 Å². The second kappa shape index (κ2) is 18.8. The third kappa shape index (κ3) is 15.1. The number of carbonyl (C=O) groups is 1. The highest BCUT2D eigenvalue weighted by Gasteiger charge is 2.33. The van der Waals surface area contributed by atoms with Crippen molar-refractivity contribution >= 4 is 5.97 Å².